The molecule has 7 rings (SSSR count). The number of amides is 1. The van der Waals surface area contributed by atoms with E-state index in [1.807, 2.05) is 17.9 Å². The quantitative estimate of drug-likeness (QED) is 0.216. The fourth-order valence-electron chi connectivity index (χ4n) is 8.73. The van der Waals surface area contributed by atoms with Gasteiger partial charge in [0.2, 0.25) is 10.0 Å². The maximum Gasteiger partial charge on any atom is 0.253 e. The minimum Gasteiger partial charge on any atom is -0.494 e. The molecule has 3 saturated heterocycles. The van der Waals surface area contributed by atoms with E-state index in [-0.39, 0.29) is 26.8 Å². The minimum atomic E-state index is -4.06. The van der Waals surface area contributed by atoms with Gasteiger partial charge in [-0.3, -0.25) is 9.69 Å². The number of sulfonamides is 1. The molecule has 4 heterocycles. The van der Waals surface area contributed by atoms with Gasteiger partial charge >= 0.3 is 0 Å². The molecule has 0 spiro atoms. The van der Waals surface area contributed by atoms with Crippen LogP contribution in [0.5, 0.6) is 5.75 Å². The number of carbonyl (C=O) groups excluding carboxylic acids is 1. The molecule has 1 unspecified atom stereocenters. The molecule has 0 radical (unpaired) electrons. The van der Waals surface area contributed by atoms with Crippen molar-refractivity contribution >= 4 is 38.6 Å². The first kappa shape index (κ1) is 33.1. The first-order valence-electron chi connectivity index (χ1n) is 17.1. The van der Waals surface area contributed by atoms with Crippen molar-refractivity contribution in [3.8, 4) is 5.75 Å². The molecule has 2 bridgehead atoms. The lowest BCUT2D eigenvalue weighted by atomic mass is 9.70. The van der Waals surface area contributed by atoms with E-state index < -0.39 is 10.0 Å². The molecule has 254 valence electrons. The summed E-state index contributed by atoms with van der Waals surface area (Å²) in [6.07, 6.45) is 7.31. The number of aromatic nitrogens is 2. The Hall–Kier alpha value is -3.44. The third-order valence-electron chi connectivity index (χ3n) is 11.1. The summed E-state index contributed by atoms with van der Waals surface area (Å²) < 4.78 is 32.5. The number of carbonyl (C=O) groups is 1. The third kappa shape index (κ3) is 6.24. The molecule has 1 aromatic heterocycles. The number of para-hydroxylation sites is 2. The number of primary sulfonamides is 1. The van der Waals surface area contributed by atoms with Gasteiger partial charge in [0, 0.05) is 42.2 Å². The average molecular weight is 690 g/mol. The molecular formula is C37H44ClN5O4S. The number of aryl methyl sites for hydroxylation is 1. The second-order valence-corrected chi connectivity index (χ2v) is 15.7. The van der Waals surface area contributed by atoms with Gasteiger partial charge in [0.15, 0.2) is 0 Å². The second-order valence-electron chi connectivity index (χ2n) is 13.7. The van der Waals surface area contributed by atoms with Crippen LogP contribution in [0.1, 0.15) is 79.7 Å². The number of nitrogens with two attached hydrogens (primary N) is 1. The number of benzene rings is 3. The van der Waals surface area contributed by atoms with Crippen molar-refractivity contribution < 1.29 is 17.9 Å². The van der Waals surface area contributed by atoms with Gasteiger partial charge in [-0.25, -0.2) is 18.5 Å². The molecule has 3 fully saturated rings. The van der Waals surface area contributed by atoms with E-state index >= 15 is 0 Å². The van der Waals surface area contributed by atoms with Gasteiger partial charge in [-0.1, -0.05) is 35.9 Å². The number of imidazole rings is 1. The molecule has 11 heteroatoms. The van der Waals surface area contributed by atoms with E-state index in [4.69, 9.17) is 26.5 Å². The summed E-state index contributed by atoms with van der Waals surface area (Å²) in [5.74, 6) is 1.76. The van der Waals surface area contributed by atoms with Gasteiger partial charge in [-0.05, 0) is 113 Å². The zero-order valence-corrected chi connectivity index (χ0v) is 29.2. The number of nitrogens with zero attached hydrogens (tertiary/aromatic N) is 4. The van der Waals surface area contributed by atoms with Gasteiger partial charge in [-0.15, -0.1) is 0 Å². The highest BCUT2D eigenvalue weighted by molar-refractivity contribution is 7.89. The van der Waals surface area contributed by atoms with E-state index in [0.29, 0.717) is 37.8 Å². The van der Waals surface area contributed by atoms with Crippen LogP contribution >= 0.6 is 11.6 Å². The monoisotopic (exact) mass is 689 g/mol. The van der Waals surface area contributed by atoms with Crippen molar-refractivity contribution in [1.29, 1.82) is 0 Å². The van der Waals surface area contributed by atoms with Crippen LogP contribution in [0.25, 0.3) is 11.0 Å². The van der Waals surface area contributed by atoms with Crippen LogP contribution in [-0.2, 0) is 15.4 Å². The SMILES string of the molecule is CCOc1cccc(C2(CCN3[C@@H]4CC[C@H]3CC(n3c(C)nc5ccccc53)C4)CCN(C(=O)c3ccc(Cl)c(S(N)(=O)=O)c3)CC2)c1. The van der Waals surface area contributed by atoms with Gasteiger partial charge in [0.1, 0.15) is 16.5 Å². The number of ether oxygens (including phenoxy) is 1. The van der Waals surface area contributed by atoms with E-state index in [2.05, 4.69) is 58.9 Å². The smallest absolute Gasteiger partial charge is 0.253 e. The first-order valence-corrected chi connectivity index (χ1v) is 19.0. The van der Waals surface area contributed by atoms with Crippen molar-refractivity contribution in [1.82, 2.24) is 19.4 Å². The highest BCUT2D eigenvalue weighted by Crippen LogP contribution is 2.45. The molecule has 3 aliphatic rings. The molecule has 48 heavy (non-hydrogen) atoms. The standard InChI is InChI=1S/C37H44ClN5O4S/c1-3-47-31-8-6-7-27(22-31)37(15-18-41(19-16-37)36(44)26-11-14-32(38)35(21-26)48(39,45)46)17-20-42-28-12-13-29(42)24-30(23-28)43-25(2)40-33-9-4-5-10-34(33)43/h4-11,14,21-22,28-30H,3,12-13,15-20,23-24H2,1-2H3,(H2,39,45,46)/t28-,29+,30?. The fraction of sp³-hybridized carbons (Fsp3) is 0.459. The van der Waals surface area contributed by atoms with Crippen molar-refractivity contribution in [3.63, 3.8) is 0 Å². The summed E-state index contributed by atoms with van der Waals surface area (Å²) in [7, 11) is -4.06. The predicted molar refractivity (Wildman–Crippen MR) is 188 cm³/mol. The first-order chi connectivity index (χ1) is 23.1. The average Bonchev–Trinajstić information content (AvgIpc) is 3.53. The van der Waals surface area contributed by atoms with Crippen LogP contribution in [-0.4, -0.2) is 72.0 Å². The summed E-state index contributed by atoms with van der Waals surface area (Å²) in [5, 5.41) is 5.37. The van der Waals surface area contributed by atoms with Crippen LogP contribution in [0.2, 0.25) is 5.02 Å². The molecule has 1 amide bonds. The van der Waals surface area contributed by atoms with Crippen molar-refractivity contribution in [3.05, 3.63) is 88.7 Å². The fourth-order valence-corrected chi connectivity index (χ4v) is 9.80. The molecule has 3 atom stereocenters. The highest BCUT2D eigenvalue weighted by Gasteiger charge is 2.44. The van der Waals surface area contributed by atoms with Crippen LogP contribution in [0.4, 0.5) is 0 Å². The number of hydrogen-bond acceptors (Lipinski definition) is 6. The van der Waals surface area contributed by atoms with Crippen LogP contribution < -0.4 is 9.88 Å². The van der Waals surface area contributed by atoms with Gasteiger partial charge < -0.3 is 14.2 Å². The number of likely N-dealkylation sites (tertiary alicyclic amines) is 1. The van der Waals surface area contributed by atoms with Gasteiger partial charge in [-0.2, -0.15) is 0 Å². The Labute approximate surface area is 288 Å². The Morgan fingerprint density at radius 3 is 2.44 bits per heavy atom. The Kier molecular flexibility index (Phi) is 9.04. The van der Waals surface area contributed by atoms with E-state index in [9.17, 15) is 13.2 Å². The summed E-state index contributed by atoms with van der Waals surface area (Å²) in [5.41, 5.74) is 3.72. The molecule has 2 N–H and O–H groups in total. The number of hydrogen-bond donors (Lipinski definition) is 1. The Morgan fingerprint density at radius 1 is 1.00 bits per heavy atom. The lowest BCUT2D eigenvalue weighted by Gasteiger charge is -2.45. The predicted octanol–water partition coefficient (Wildman–Crippen LogP) is 6.48. The summed E-state index contributed by atoms with van der Waals surface area (Å²) >= 11 is 6.10. The summed E-state index contributed by atoms with van der Waals surface area (Å²) in [4.78, 5) is 22.9. The third-order valence-corrected chi connectivity index (χ3v) is 12.5. The maximum absolute atomic E-state index is 13.6. The summed E-state index contributed by atoms with van der Waals surface area (Å²) in [6.45, 7) is 6.87. The maximum atomic E-state index is 13.6. The highest BCUT2D eigenvalue weighted by atomic mass is 35.5. The van der Waals surface area contributed by atoms with Crippen LogP contribution in [0.3, 0.4) is 0 Å². The molecular weight excluding hydrogens is 646 g/mol. The Balaban J connectivity index is 1.10. The Bertz CT molecular complexity index is 1920. The van der Waals surface area contributed by atoms with Gasteiger partial charge in [0.05, 0.1) is 22.7 Å². The van der Waals surface area contributed by atoms with E-state index in [0.717, 1.165) is 55.7 Å². The van der Waals surface area contributed by atoms with Crippen molar-refractivity contribution in [2.45, 2.75) is 87.2 Å². The van der Waals surface area contributed by atoms with Gasteiger partial charge in [0.25, 0.3) is 5.91 Å². The minimum absolute atomic E-state index is 0.00685. The van der Waals surface area contributed by atoms with E-state index in [1.165, 1.54) is 36.1 Å². The zero-order valence-electron chi connectivity index (χ0n) is 27.6. The number of piperidine rings is 2. The number of rotatable bonds is 9. The molecule has 0 aliphatic carbocycles. The van der Waals surface area contributed by atoms with Crippen LogP contribution in [0.15, 0.2) is 71.6 Å². The molecule has 9 nitrogen and oxygen atoms in total. The Morgan fingerprint density at radius 2 is 1.73 bits per heavy atom. The number of halogens is 1. The lowest BCUT2D eigenvalue weighted by molar-refractivity contribution is 0.0606. The van der Waals surface area contributed by atoms with Crippen LogP contribution in [0, 0.1) is 6.92 Å². The largest absolute Gasteiger partial charge is 0.494 e. The topological polar surface area (TPSA) is 111 Å². The van der Waals surface area contributed by atoms with E-state index in [1.54, 1.807) is 6.07 Å². The lowest BCUT2D eigenvalue weighted by Crippen LogP contribution is -2.49. The van der Waals surface area contributed by atoms with Crippen molar-refractivity contribution in [2.75, 3.05) is 26.2 Å². The normalized spacial score (nSPS) is 22.7. The number of fused-ring (bicyclic) bond motifs is 3. The molecule has 3 aliphatic heterocycles. The van der Waals surface area contributed by atoms with Crippen molar-refractivity contribution in [2.24, 2.45) is 5.14 Å². The molecule has 3 aromatic carbocycles. The molecule has 0 saturated carbocycles. The second kappa shape index (κ2) is 13.1. The zero-order chi connectivity index (χ0) is 33.6. The molecule has 4 aromatic rings. The summed E-state index contributed by atoms with van der Waals surface area (Å²) in [6, 6.07) is 22.8.